The average molecular weight is 434 g/mol. The van der Waals surface area contributed by atoms with E-state index in [-0.39, 0.29) is 5.91 Å². The molecule has 0 saturated carbocycles. The molecule has 2 aromatic heterocycles. The number of furan rings is 1. The van der Waals surface area contributed by atoms with E-state index < -0.39 is 0 Å². The predicted molar refractivity (Wildman–Crippen MR) is 108 cm³/mol. The average Bonchev–Trinajstić information content (AvgIpc) is 3.23. The van der Waals surface area contributed by atoms with E-state index in [4.69, 9.17) is 4.42 Å². The summed E-state index contributed by atoms with van der Waals surface area (Å²) in [7, 11) is 0. The number of likely N-dealkylation sites (tertiary alicyclic amines) is 1. The molecule has 26 heavy (non-hydrogen) atoms. The first-order chi connectivity index (χ1) is 12.6. The van der Waals surface area contributed by atoms with Crippen LogP contribution in [0.1, 0.15) is 36.0 Å². The minimum atomic E-state index is -0.273. The lowest BCUT2D eigenvalue weighted by Crippen LogP contribution is -2.32. The van der Waals surface area contributed by atoms with Gasteiger partial charge in [-0.05, 0) is 56.1 Å². The Morgan fingerprint density at radius 2 is 2.19 bits per heavy atom. The third-order valence-electron chi connectivity index (χ3n) is 4.74. The number of benzene rings is 1. The van der Waals surface area contributed by atoms with Crippen molar-refractivity contribution in [3.63, 3.8) is 0 Å². The van der Waals surface area contributed by atoms with Gasteiger partial charge in [0.2, 0.25) is 0 Å². The minimum Gasteiger partial charge on any atom is -0.451 e. The summed E-state index contributed by atoms with van der Waals surface area (Å²) in [5.41, 5.74) is 1.70. The summed E-state index contributed by atoms with van der Waals surface area (Å²) in [4.78, 5) is 19.4. The molecule has 3 heterocycles. The Balaban J connectivity index is 1.40. The number of nitrogens with one attached hydrogen (secondary N) is 1. The van der Waals surface area contributed by atoms with Gasteiger partial charge in [0.1, 0.15) is 5.58 Å². The van der Waals surface area contributed by atoms with Gasteiger partial charge in [0.25, 0.3) is 5.91 Å². The smallest absolute Gasteiger partial charge is 0.293 e. The molecule has 1 N–H and O–H groups in total. The summed E-state index contributed by atoms with van der Waals surface area (Å²) in [6.45, 7) is 5.40. The van der Waals surface area contributed by atoms with Crippen LogP contribution in [0.25, 0.3) is 11.0 Å². The molecule has 0 unspecified atom stereocenters. The summed E-state index contributed by atoms with van der Waals surface area (Å²) >= 11 is 4.88. The topological polar surface area (TPSA) is 58.4 Å². The Morgan fingerprint density at radius 3 is 3.00 bits per heavy atom. The van der Waals surface area contributed by atoms with Crippen molar-refractivity contribution in [1.82, 2.24) is 9.88 Å². The van der Waals surface area contributed by atoms with Gasteiger partial charge in [-0.1, -0.05) is 22.9 Å². The Labute approximate surface area is 164 Å². The molecule has 4 rings (SSSR count). The second-order valence-electron chi connectivity index (χ2n) is 6.85. The summed E-state index contributed by atoms with van der Waals surface area (Å²) in [5.74, 6) is 0.839. The lowest BCUT2D eigenvalue weighted by atomic mass is 9.99. The molecule has 0 spiro atoms. The number of halogens is 1. The second kappa shape index (κ2) is 7.50. The molecule has 1 saturated heterocycles. The zero-order valence-electron chi connectivity index (χ0n) is 14.5. The molecule has 1 aromatic carbocycles. The first kappa shape index (κ1) is 17.7. The number of anilines is 1. The number of aromatic nitrogens is 1. The fourth-order valence-electron chi connectivity index (χ4n) is 3.17. The van der Waals surface area contributed by atoms with Gasteiger partial charge >= 0.3 is 0 Å². The molecule has 1 aliphatic rings. The third kappa shape index (κ3) is 4.00. The summed E-state index contributed by atoms with van der Waals surface area (Å²) in [6.07, 6.45) is 2.49. The monoisotopic (exact) mass is 433 g/mol. The van der Waals surface area contributed by atoms with Crippen molar-refractivity contribution in [3.05, 3.63) is 45.6 Å². The maximum absolute atomic E-state index is 12.4. The van der Waals surface area contributed by atoms with Gasteiger partial charge in [-0.2, -0.15) is 0 Å². The predicted octanol–water partition coefficient (Wildman–Crippen LogP) is 5.14. The molecule has 3 aromatic rings. The Morgan fingerprint density at radius 1 is 1.38 bits per heavy atom. The van der Waals surface area contributed by atoms with Crippen molar-refractivity contribution < 1.29 is 9.21 Å². The van der Waals surface area contributed by atoms with Crippen molar-refractivity contribution in [3.8, 4) is 0 Å². The minimum absolute atomic E-state index is 0.273. The molecule has 1 aliphatic heterocycles. The largest absolute Gasteiger partial charge is 0.451 e. The molecule has 0 atom stereocenters. The number of carbonyl (C=O) groups excluding carboxylic acids is 1. The van der Waals surface area contributed by atoms with Crippen LogP contribution in [0.15, 0.2) is 38.5 Å². The van der Waals surface area contributed by atoms with Crippen LogP contribution in [0, 0.1) is 5.92 Å². The van der Waals surface area contributed by atoms with Crippen LogP contribution in [-0.2, 0) is 6.54 Å². The zero-order valence-corrected chi connectivity index (χ0v) is 16.9. The molecule has 0 bridgehead atoms. The van der Waals surface area contributed by atoms with E-state index in [1.54, 1.807) is 6.07 Å². The van der Waals surface area contributed by atoms with Crippen LogP contribution in [-0.4, -0.2) is 28.9 Å². The van der Waals surface area contributed by atoms with Gasteiger partial charge in [-0.25, -0.2) is 4.98 Å². The number of fused-ring (bicyclic) bond motifs is 1. The Hall–Kier alpha value is -1.70. The van der Waals surface area contributed by atoms with E-state index in [1.165, 1.54) is 24.2 Å². The van der Waals surface area contributed by atoms with Crippen LogP contribution in [0.3, 0.4) is 0 Å². The SMILES string of the molecule is CC1CCN(Cc2csc(NC(=O)c3cc4cc(Br)ccc4o3)n2)CC1. The van der Waals surface area contributed by atoms with Crippen molar-refractivity contribution in [2.45, 2.75) is 26.3 Å². The number of rotatable bonds is 4. The molecule has 1 fully saturated rings. The van der Waals surface area contributed by atoms with Crippen LogP contribution < -0.4 is 5.32 Å². The lowest BCUT2D eigenvalue weighted by molar-refractivity contribution is 0.0998. The molecular weight excluding hydrogens is 414 g/mol. The van der Waals surface area contributed by atoms with Crippen LogP contribution in [0.5, 0.6) is 0 Å². The van der Waals surface area contributed by atoms with Crippen molar-refractivity contribution in [1.29, 1.82) is 0 Å². The maximum atomic E-state index is 12.4. The molecule has 7 heteroatoms. The van der Waals surface area contributed by atoms with Crippen molar-refractivity contribution >= 4 is 49.3 Å². The molecule has 1 amide bonds. The standard InChI is InChI=1S/C19H20BrN3O2S/c1-12-4-6-23(7-5-12)10-15-11-26-19(21-15)22-18(24)17-9-13-8-14(20)2-3-16(13)25-17/h2-3,8-9,11-12H,4-7,10H2,1H3,(H,21,22,24). The first-order valence-corrected chi connectivity index (χ1v) is 10.4. The third-order valence-corrected chi connectivity index (χ3v) is 6.04. The Kier molecular flexibility index (Phi) is 5.11. The number of hydrogen-bond donors (Lipinski definition) is 1. The summed E-state index contributed by atoms with van der Waals surface area (Å²) in [6, 6.07) is 7.41. The van der Waals surface area contributed by atoms with Gasteiger partial charge in [0.05, 0.1) is 5.69 Å². The van der Waals surface area contributed by atoms with E-state index >= 15 is 0 Å². The fourth-order valence-corrected chi connectivity index (χ4v) is 4.25. The number of nitrogens with zero attached hydrogens (tertiary/aromatic N) is 2. The quantitative estimate of drug-likeness (QED) is 0.618. The van der Waals surface area contributed by atoms with Gasteiger partial charge in [0.15, 0.2) is 10.9 Å². The van der Waals surface area contributed by atoms with Crippen molar-refractivity contribution in [2.24, 2.45) is 5.92 Å². The van der Waals surface area contributed by atoms with E-state index in [1.807, 2.05) is 23.6 Å². The zero-order chi connectivity index (χ0) is 18.1. The highest BCUT2D eigenvalue weighted by Gasteiger charge is 2.18. The fraction of sp³-hybridized carbons (Fsp3) is 0.368. The summed E-state index contributed by atoms with van der Waals surface area (Å²) < 4.78 is 6.58. The van der Waals surface area contributed by atoms with Crippen LogP contribution >= 0.6 is 27.3 Å². The number of thiazole rings is 1. The second-order valence-corrected chi connectivity index (χ2v) is 8.62. The van der Waals surface area contributed by atoms with Gasteiger partial charge in [-0.3, -0.25) is 15.0 Å². The van der Waals surface area contributed by atoms with Crippen LogP contribution in [0.4, 0.5) is 5.13 Å². The number of carbonyl (C=O) groups is 1. The molecule has 0 aliphatic carbocycles. The highest BCUT2D eigenvalue weighted by Crippen LogP contribution is 2.25. The van der Waals surface area contributed by atoms with Gasteiger partial charge in [-0.15, -0.1) is 11.3 Å². The van der Waals surface area contributed by atoms with E-state index in [2.05, 4.69) is 38.1 Å². The number of amides is 1. The van der Waals surface area contributed by atoms with Gasteiger partial charge in [0, 0.05) is 21.8 Å². The van der Waals surface area contributed by atoms with E-state index in [9.17, 15) is 4.79 Å². The Bertz CT molecular complexity index is 928. The first-order valence-electron chi connectivity index (χ1n) is 8.74. The maximum Gasteiger partial charge on any atom is 0.293 e. The van der Waals surface area contributed by atoms with E-state index in [0.29, 0.717) is 16.5 Å². The van der Waals surface area contributed by atoms with Gasteiger partial charge < -0.3 is 4.42 Å². The summed E-state index contributed by atoms with van der Waals surface area (Å²) in [5, 5.41) is 6.36. The molecule has 5 nitrogen and oxygen atoms in total. The lowest BCUT2D eigenvalue weighted by Gasteiger charge is -2.29. The normalized spacial score (nSPS) is 16.2. The van der Waals surface area contributed by atoms with Crippen molar-refractivity contribution in [2.75, 3.05) is 18.4 Å². The van der Waals surface area contributed by atoms with E-state index in [0.717, 1.165) is 41.1 Å². The molecule has 0 radical (unpaired) electrons. The molecule has 136 valence electrons. The highest BCUT2D eigenvalue weighted by molar-refractivity contribution is 9.10. The molecular formula is C19H20BrN3O2S. The number of piperidine rings is 1. The highest BCUT2D eigenvalue weighted by atomic mass is 79.9. The van der Waals surface area contributed by atoms with Crippen LogP contribution in [0.2, 0.25) is 0 Å². The number of hydrogen-bond acceptors (Lipinski definition) is 5.